The van der Waals surface area contributed by atoms with E-state index >= 15 is 0 Å². The molecule has 17 nitrogen and oxygen atoms in total. The smallest absolute Gasteiger partial charge is 0.315 e. The van der Waals surface area contributed by atoms with Crippen LogP contribution in [0.5, 0.6) is 0 Å². The van der Waals surface area contributed by atoms with Gasteiger partial charge in [-0.3, -0.25) is 4.79 Å². The van der Waals surface area contributed by atoms with E-state index in [0.29, 0.717) is 19.3 Å². The van der Waals surface area contributed by atoms with Crippen LogP contribution in [0.3, 0.4) is 0 Å². The topological polar surface area (TPSA) is 264 Å². The van der Waals surface area contributed by atoms with Gasteiger partial charge in [0, 0.05) is 0 Å². The van der Waals surface area contributed by atoms with Gasteiger partial charge in [-0.1, -0.05) is 60.1 Å². The summed E-state index contributed by atoms with van der Waals surface area (Å²) in [6, 6.07) is 0. The standard InChI is InChI=1S/C47H76O17/c1-42(2)15-16-47(41(57)58-8)23(17-42)22-9-10-28-44(5)13-12-30(43(3,4)27(44)11-14-45(28,6)46(22,7)18-29(47)50)63-39-36(56)34(54)33(53)26(62-39)21-61-40-37(32(52)25(49)20-60-40)64-38-35(55)31(51)24(48)19-59-38/h9,23-40,48-56H,10-21H2,1-8H3/t23?,24-,25-,26-,27+,28-,29-,30+,31+,32?,33-,34+,35-,36-,37+,38+,39+,40-,44+,45-,46-,47-/m1/s1. The van der Waals surface area contributed by atoms with Gasteiger partial charge < -0.3 is 79.1 Å². The van der Waals surface area contributed by atoms with Crippen LogP contribution in [-0.2, 0) is 38.0 Å². The molecule has 8 aliphatic rings. The highest BCUT2D eigenvalue weighted by Crippen LogP contribution is 2.76. The van der Waals surface area contributed by atoms with Crippen LogP contribution in [0.2, 0.25) is 0 Å². The van der Waals surface area contributed by atoms with Gasteiger partial charge in [0.2, 0.25) is 0 Å². The lowest BCUT2D eigenvalue weighted by atomic mass is 9.33. The first-order valence-electron chi connectivity index (χ1n) is 23.6. The third-order valence-electron chi connectivity index (χ3n) is 18.8. The molecule has 17 heteroatoms. The molecule has 0 aromatic heterocycles. The highest BCUT2D eigenvalue weighted by atomic mass is 16.8. The average Bonchev–Trinajstić information content (AvgIpc) is 3.23. The molecule has 7 fully saturated rings. The van der Waals surface area contributed by atoms with Crippen LogP contribution in [0.15, 0.2) is 11.6 Å². The van der Waals surface area contributed by atoms with Gasteiger partial charge in [0.15, 0.2) is 18.9 Å². The van der Waals surface area contributed by atoms with Crippen LogP contribution in [-0.4, -0.2) is 171 Å². The Balaban J connectivity index is 0.973. The number of ether oxygens (including phenoxy) is 7. The Labute approximate surface area is 376 Å². The van der Waals surface area contributed by atoms with E-state index in [-0.39, 0.29) is 58.6 Å². The number of hydrogen-bond donors (Lipinski definition) is 9. The Bertz CT molecular complexity index is 1740. The van der Waals surface area contributed by atoms with Crippen molar-refractivity contribution in [3.8, 4) is 0 Å². The first-order chi connectivity index (χ1) is 29.9. The summed E-state index contributed by atoms with van der Waals surface area (Å²) in [5.41, 5.74) is -0.668. The summed E-state index contributed by atoms with van der Waals surface area (Å²) in [6.07, 6.45) is -11.4. The second-order valence-electron chi connectivity index (χ2n) is 22.9. The van der Waals surface area contributed by atoms with Crippen molar-refractivity contribution in [3.63, 3.8) is 0 Å². The van der Waals surface area contributed by atoms with Crippen LogP contribution >= 0.6 is 0 Å². The monoisotopic (exact) mass is 913 g/mol. The lowest BCUT2D eigenvalue weighted by molar-refractivity contribution is -0.357. The molecule has 3 saturated heterocycles. The van der Waals surface area contributed by atoms with Crippen LogP contribution in [0.1, 0.15) is 106 Å². The lowest BCUT2D eigenvalue weighted by Crippen LogP contribution is -2.68. The fourth-order valence-electron chi connectivity index (χ4n) is 14.7. The average molecular weight is 913 g/mol. The normalized spacial score (nSPS) is 53.4. The molecule has 22 atom stereocenters. The van der Waals surface area contributed by atoms with Gasteiger partial charge >= 0.3 is 5.97 Å². The molecule has 64 heavy (non-hydrogen) atoms. The zero-order valence-electron chi connectivity index (χ0n) is 38.7. The Kier molecular flexibility index (Phi) is 13.2. The number of allylic oxidation sites excluding steroid dienone is 2. The fourth-order valence-corrected chi connectivity index (χ4v) is 14.7. The number of carbonyl (C=O) groups is 1. The quantitative estimate of drug-likeness (QED) is 0.0936. The Morgan fingerprint density at radius 1 is 0.703 bits per heavy atom. The number of esters is 1. The van der Waals surface area contributed by atoms with Gasteiger partial charge in [0.25, 0.3) is 0 Å². The minimum Gasteiger partial charge on any atom is -0.468 e. The first-order valence-corrected chi connectivity index (χ1v) is 23.6. The second-order valence-corrected chi connectivity index (χ2v) is 22.9. The van der Waals surface area contributed by atoms with E-state index < -0.39 is 110 Å². The van der Waals surface area contributed by atoms with Crippen LogP contribution in [0.4, 0.5) is 0 Å². The molecule has 0 spiro atoms. The molecule has 2 unspecified atom stereocenters. The van der Waals surface area contributed by atoms with Gasteiger partial charge in [0.05, 0.1) is 39.1 Å². The number of aliphatic hydroxyl groups excluding tert-OH is 9. The number of aliphatic hydroxyl groups is 9. The summed E-state index contributed by atoms with van der Waals surface area (Å²) in [7, 11) is 1.44. The van der Waals surface area contributed by atoms with Gasteiger partial charge in [0.1, 0.15) is 66.5 Å². The highest BCUT2D eigenvalue weighted by Gasteiger charge is 2.71. The number of methoxy groups -OCH3 is 1. The number of carbonyl (C=O) groups excluding carboxylic acids is 1. The Morgan fingerprint density at radius 3 is 2.05 bits per heavy atom. The van der Waals surface area contributed by atoms with Crippen LogP contribution in [0.25, 0.3) is 0 Å². The van der Waals surface area contributed by atoms with Crippen molar-refractivity contribution >= 4 is 5.97 Å². The third-order valence-corrected chi connectivity index (χ3v) is 18.8. The summed E-state index contributed by atoms with van der Waals surface area (Å²) < 4.78 is 40.9. The zero-order valence-corrected chi connectivity index (χ0v) is 38.7. The molecule has 0 aromatic carbocycles. The van der Waals surface area contributed by atoms with E-state index in [9.17, 15) is 50.8 Å². The molecule has 3 aliphatic heterocycles. The summed E-state index contributed by atoms with van der Waals surface area (Å²) in [4.78, 5) is 13.7. The molecule has 0 amide bonds. The van der Waals surface area contributed by atoms with Crippen molar-refractivity contribution in [1.82, 2.24) is 0 Å². The molecule has 3 heterocycles. The van der Waals surface area contributed by atoms with Gasteiger partial charge in [-0.15, -0.1) is 0 Å². The number of rotatable bonds is 8. The van der Waals surface area contributed by atoms with E-state index in [1.165, 1.54) is 12.7 Å². The minimum atomic E-state index is -1.70. The summed E-state index contributed by atoms with van der Waals surface area (Å²) in [5, 5.41) is 97.3. The van der Waals surface area contributed by atoms with Gasteiger partial charge in [-0.05, 0) is 103 Å². The maximum atomic E-state index is 13.7. The molecule has 4 saturated carbocycles. The number of hydrogen-bond acceptors (Lipinski definition) is 17. The van der Waals surface area contributed by atoms with Crippen molar-refractivity contribution < 1.29 is 83.9 Å². The van der Waals surface area contributed by atoms with E-state index in [4.69, 9.17) is 33.2 Å². The summed E-state index contributed by atoms with van der Waals surface area (Å²) in [6.45, 7) is 14.9. The minimum absolute atomic E-state index is 0.0192. The molecule has 0 bridgehead atoms. The largest absolute Gasteiger partial charge is 0.468 e. The highest BCUT2D eigenvalue weighted by molar-refractivity contribution is 5.79. The van der Waals surface area contributed by atoms with E-state index in [1.807, 2.05) is 0 Å². The van der Waals surface area contributed by atoms with E-state index in [1.54, 1.807) is 0 Å². The van der Waals surface area contributed by atoms with Gasteiger partial charge in [-0.2, -0.15) is 0 Å². The summed E-state index contributed by atoms with van der Waals surface area (Å²) in [5.74, 6) is 0.0664. The molecular formula is C47H76O17. The van der Waals surface area contributed by atoms with Crippen molar-refractivity contribution in [2.24, 2.45) is 50.2 Å². The zero-order chi connectivity index (χ0) is 46.7. The maximum Gasteiger partial charge on any atom is 0.315 e. The molecule has 9 N–H and O–H groups in total. The van der Waals surface area contributed by atoms with E-state index in [0.717, 1.165) is 38.5 Å². The predicted molar refractivity (Wildman–Crippen MR) is 224 cm³/mol. The SMILES string of the molecule is COC(=O)[C@]12CCC(C)(C)CC1C1=CC[C@@H]3[C@@]4(C)CC[C@H](O[C@@H]5O[C@H](CO[C@H]6OC[C@@H](O)C(O)[C@@H]6O[C@@H]6OC[C@@H](O)[C@H](O)[C@H]6O)[C@@H](O)[C@H](O)[C@H]5O)C(C)(C)[C@@H]4CC[C@@]3(C)[C@]1(C)C[C@H]2O. The molecular weight excluding hydrogens is 836 g/mol. The molecule has 0 aromatic rings. The Hall–Kier alpha value is -1.39. The van der Waals surface area contributed by atoms with Crippen molar-refractivity contribution in [3.05, 3.63) is 11.6 Å². The van der Waals surface area contributed by atoms with Crippen molar-refractivity contribution in [2.45, 2.75) is 198 Å². The van der Waals surface area contributed by atoms with Crippen LogP contribution < -0.4 is 0 Å². The van der Waals surface area contributed by atoms with Crippen molar-refractivity contribution in [1.29, 1.82) is 0 Å². The summed E-state index contributed by atoms with van der Waals surface area (Å²) >= 11 is 0. The lowest BCUT2D eigenvalue weighted by Gasteiger charge is -2.71. The number of fused-ring (bicyclic) bond motifs is 7. The predicted octanol–water partition coefficient (Wildman–Crippen LogP) is 1.04. The van der Waals surface area contributed by atoms with Crippen LogP contribution in [0, 0.1) is 50.2 Å². The third kappa shape index (κ3) is 7.58. The van der Waals surface area contributed by atoms with Crippen molar-refractivity contribution in [2.75, 3.05) is 26.9 Å². The van der Waals surface area contributed by atoms with Gasteiger partial charge in [-0.25, -0.2) is 0 Å². The first kappa shape index (κ1) is 49.0. The Morgan fingerprint density at radius 2 is 1.36 bits per heavy atom. The molecule has 0 radical (unpaired) electrons. The second kappa shape index (κ2) is 17.2. The fraction of sp³-hybridized carbons (Fsp3) is 0.936. The maximum absolute atomic E-state index is 13.7. The van der Waals surface area contributed by atoms with E-state index in [2.05, 4.69) is 54.5 Å². The molecule has 366 valence electrons. The molecule has 5 aliphatic carbocycles. The molecule has 8 rings (SSSR count).